The Morgan fingerprint density at radius 3 is 3.23 bits per heavy atom. The smallest absolute Gasteiger partial charge is 0.341 e. The van der Waals surface area contributed by atoms with Crippen LogP contribution >= 0.6 is 0 Å². The van der Waals surface area contributed by atoms with Gasteiger partial charge in [0.25, 0.3) is 0 Å². The number of rotatable bonds is 1. The van der Waals surface area contributed by atoms with E-state index in [1.165, 1.54) is 13.4 Å². The molecule has 0 aromatic carbocycles. The maximum absolute atomic E-state index is 11.2. The van der Waals surface area contributed by atoms with Gasteiger partial charge in [0.15, 0.2) is 0 Å². The Balaban J connectivity index is 2.64. The summed E-state index contributed by atoms with van der Waals surface area (Å²) in [6.45, 7) is 0. The maximum atomic E-state index is 11.2. The summed E-state index contributed by atoms with van der Waals surface area (Å²) >= 11 is 0. The molecule has 0 saturated heterocycles. The molecule has 0 atom stereocenters. The summed E-state index contributed by atoms with van der Waals surface area (Å²) in [7, 11) is 1.33. The van der Waals surface area contributed by atoms with Crippen molar-refractivity contribution in [3.63, 3.8) is 0 Å². The highest BCUT2D eigenvalue weighted by Gasteiger charge is 2.13. The quantitative estimate of drug-likeness (QED) is 0.621. The zero-order valence-corrected chi connectivity index (χ0v) is 6.98. The third-order valence-corrected chi connectivity index (χ3v) is 1.78. The van der Waals surface area contributed by atoms with E-state index in [-0.39, 0.29) is 0 Å². The number of furan rings is 1. The van der Waals surface area contributed by atoms with E-state index in [2.05, 4.69) is 9.72 Å². The first kappa shape index (κ1) is 7.79. The van der Waals surface area contributed by atoms with E-state index in [0.717, 1.165) is 0 Å². The van der Waals surface area contributed by atoms with Gasteiger partial charge in [-0.3, -0.25) is 4.98 Å². The molecule has 13 heavy (non-hydrogen) atoms. The van der Waals surface area contributed by atoms with Crippen LogP contribution < -0.4 is 0 Å². The number of fused-ring (bicyclic) bond motifs is 1. The van der Waals surface area contributed by atoms with Crippen molar-refractivity contribution >= 4 is 16.9 Å². The van der Waals surface area contributed by atoms with E-state index >= 15 is 0 Å². The summed E-state index contributed by atoms with van der Waals surface area (Å²) < 4.78 is 9.71. The first-order valence-corrected chi connectivity index (χ1v) is 3.72. The minimum absolute atomic E-state index is 0.408. The maximum Gasteiger partial charge on any atom is 0.341 e. The fourth-order valence-electron chi connectivity index (χ4n) is 1.14. The SMILES string of the molecule is COC(=O)c1coc2ccncc12. The average molecular weight is 177 g/mol. The second kappa shape index (κ2) is 2.90. The van der Waals surface area contributed by atoms with Crippen LogP contribution in [-0.4, -0.2) is 18.1 Å². The summed E-state index contributed by atoms with van der Waals surface area (Å²) in [6, 6.07) is 1.70. The van der Waals surface area contributed by atoms with Gasteiger partial charge in [-0.15, -0.1) is 0 Å². The van der Waals surface area contributed by atoms with Crippen molar-refractivity contribution in [3.05, 3.63) is 30.3 Å². The zero-order chi connectivity index (χ0) is 9.26. The van der Waals surface area contributed by atoms with Crippen molar-refractivity contribution in [2.24, 2.45) is 0 Å². The molecule has 4 nitrogen and oxygen atoms in total. The van der Waals surface area contributed by atoms with Crippen molar-refractivity contribution in [1.82, 2.24) is 4.98 Å². The fraction of sp³-hybridized carbons (Fsp3) is 0.111. The molecule has 2 aromatic heterocycles. The van der Waals surface area contributed by atoms with Gasteiger partial charge < -0.3 is 9.15 Å². The number of aromatic nitrogens is 1. The van der Waals surface area contributed by atoms with E-state index in [1.54, 1.807) is 18.5 Å². The number of esters is 1. The molecule has 0 aliphatic rings. The molecular weight excluding hydrogens is 170 g/mol. The minimum atomic E-state index is -0.410. The highest BCUT2D eigenvalue weighted by Crippen LogP contribution is 2.19. The molecule has 0 N–H and O–H groups in total. The Morgan fingerprint density at radius 1 is 1.62 bits per heavy atom. The summed E-state index contributed by atoms with van der Waals surface area (Å²) in [5, 5.41) is 0.675. The molecule has 4 heteroatoms. The van der Waals surface area contributed by atoms with Crippen LogP contribution in [0.3, 0.4) is 0 Å². The largest absolute Gasteiger partial charge is 0.465 e. The number of hydrogen-bond donors (Lipinski definition) is 0. The molecule has 0 bridgehead atoms. The number of methoxy groups -OCH3 is 1. The van der Waals surface area contributed by atoms with Crippen LogP contribution in [0.5, 0.6) is 0 Å². The van der Waals surface area contributed by atoms with E-state index < -0.39 is 5.97 Å². The summed E-state index contributed by atoms with van der Waals surface area (Å²) in [4.78, 5) is 15.1. The predicted molar refractivity (Wildman–Crippen MR) is 45.3 cm³/mol. The van der Waals surface area contributed by atoms with Gasteiger partial charge in [0.1, 0.15) is 17.4 Å². The molecule has 0 fully saturated rings. The number of pyridine rings is 1. The second-order valence-corrected chi connectivity index (χ2v) is 2.51. The van der Waals surface area contributed by atoms with Gasteiger partial charge >= 0.3 is 5.97 Å². The molecule has 0 saturated carbocycles. The third-order valence-electron chi connectivity index (χ3n) is 1.78. The van der Waals surface area contributed by atoms with Gasteiger partial charge in [-0.2, -0.15) is 0 Å². The lowest BCUT2D eigenvalue weighted by Gasteiger charge is -1.93. The fourth-order valence-corrected chi connectivity index (χ4v) is 1.14. The van der Waals surface area contributed by atoms with Crippen LogP contribution in [0.4, 0.5) is 0 Å². The highest BCUT2D eigenvalue weighted by atomic mass is 16.5. The number of carbonyl (C=O) groups excluding carboxylic acids is 1. The Hall–Kier alpha value is -1.84. The van der Waals surface area contributed by atoms with E-state index in [4.69, 9.17) is 4.42 Å². The van der Waals surface area contributed by atoms with Crippen LogP contribution in [0, 0.1) is 0 Å². The van der Waals surface area contributed by atoms with E-state index in [9.17, 15) is 4.79 Å². The monoisotopic (exact) mass is 177 g/mol. The molecule has 2 heterocycles. The Morgan fingerprint density at radius 2 is 2.46 bits per heavy atom. The van der Waals surface area contributed by atoms with Gasteiger partial charge in [-0.25, -0.2) is 4.79 Å². The highest BCUT2D eigenvalue weighted by molar-refractivity contribution is 6.02. The predicted octanol–water partition coefficient (Wildman–Crippen LogP) is 1.61. The topological polar surface area (TPSA) is 52.3 Å². The zero-order valence-electron chi connectivity index (χ0n) is 6.98. The van der Waals surface area contributed by atoms with Gasteiger partial charge in [-0.05, 0) is 6.07 Å². The molecule has 0 unspecified atom stereocenters. The van der Waals surface area contributed by atoms with Gasteiger partial charge in [-0.1, -0.05) is 0 Å². The molecule has 0 aliphatic carbocycles. The van der Waals surface area contributed by atoms with Crippen LogP contribution in [0.15, 0.2) is 29.1 Å². The molecule has 2 rings (SSSR count). The second-order valence-electron chi connectivity index (χ2n) is 2.51. The van der Waals surface area contributed by atoms with Crippen molar-refractivity contribution in [3.8, 4) is 0 Å². The molecule has 0 aliphatic heterocycles. The Bertz CT molecular complexity index is 447. The first-order chi connectivity index (χ1) is 6.33. The van der Waals surface area contributed by atoms with Gasteiger partial charge in [0, 0.05) is 12.4 Å². The summed E-state index contributed by atoms with van der Waals surface area (Å²) in [5.41, 5.74) is 1.04. The Labute approximate surface area is 74.1 Å². The average Bonchev–Trinajstić information content (AvgIpc) is 2.60. The molecule has 0 amide bonds. The normalized spacial score (nSPS) is 10.2. The minimum Gasteiger partial charge on any atom is -0.465 e. The lowest BCUT2D eigenvalue weighted by atomic mass is 10.2. The van der Waals surface area contributed by atoms with E-state index in [1.807, 2.05) is 0 Å². The van der Waals surface area contributed by atoms with Gasteiger partial charge in [0.05, 0.1) is 12.5 Å². The summed E-state index contributed by atoms with van der Waals surface area (Å²) in [6.07, 6.45) is 4.55. The summed E-state index contributed by atoms with van der Waals surface area (Å²) in [5.74, 6) is -0.410. The lowest BCUT2D eigenvalue weighted by molar-refractivity contribution is 0.0602. The Kier molecular flexibility index (Phi) is 1.73. The molecule has 0 radical (unpaired) electrons. The standard InChI is InChI=1S/C9H7NO3/c1-12-9(11)7-5-13-8-2-3-10-4-6(7)8/h2-5H,1H3. The number of carbonyl (C=O) groups is 1. The van der Waals surface area contributed by atoms with Crippen molar-refractivity contribution < 1.29 is 13.9 Å². The third kappa shape index (κ3) is 1.16. The number of ether oxygens (including phenoxy) is 1. The van der Waals surface area contributed by atoms with Crippen LogP contribution in [0.25, 0.3) is 11.0 Å². The van der Waals surface area contributed by atoms with Crippen LogP contribution in [0.2, 0.25) is 0 Å². The molecule has 0 spiro atoms. The van der Waals surface area contributed by atoms with Crippen molar-refractivity contribution in [2.75, 3.05) is 7.11 Å². The lowest BCUT2D eigenvalue weighted by Crippen LogP contribution is -1.99. The van der Waals surface area contributed by atoms with E-state index in [0.29, 0.717) is 16.5 Å². The van der Waals surface area contributed by atoms with Crippen LogP contribution in [0.1, 0.15) is 10.4 Å². The number of nitrogens with zero attached hydrogens (tertiary/aromatic N) is 1. The van der Waals surface area contributed by atoms with Crippen molar-refractivity contribution in [1.29, 1.82) is 0 Å². The van der Waals surface area contributed by atoms with Crippen molar-refractivity contribution in [2.45, 2.75) is 0 Å². The first-order valence-electron chi connectivity index (χ1n) is 3.72. The molecule has 2 aromatic rings. The molecule has 66 valence electrons. The van der Waals surface area contributed by atoms with Crippen LogP contribution in [-0.2, 0) is 4.74 Å². The molecular formula is C9H7NO3. The van der Waals surface area contributed by atoms with Gasteiger partial charge in [0.2, 0.25) is 0 Å². The number of hydrogen-bond acceptors (Lipinski definition) is 4.